The van der Waals surface area contributed by atoms with Crippen molar-refractivity contribution in [1.29, 1.82) is 0 Å². The first kappa shape index (κ1) is 71.2. The van der Waals surface area contributed by atoms with Crippen molar-refractivity contribution in [3.8, 4) is 0 Å². The van der Waals surface area contributed by atoms with Gasteiger partial charge in [-0.15, -0.1) is 0 Å². The predicted octanol–water partition coefficient (Wildman–Crippen LogP) is 16.1. The molecule has 0 aromatic heterocycles. The zero-order valence-corrected chi connectivity index (χ0v) is 48.7. The van der Waals surface area contributed by atoms with Crippen molar-refractivity contribution in [1.82, 2.24) is 0 Å². The van der Waals surface area contributed by atoms with Crippen molar-refractivity contribution >= 4 is 23.9 Å². The van der Waals surface area contributed by atoms with Gasteiger partial charge in [-0.3, -0.25) is 14.4 Å². The topological polar surface area (TPSA) is 175 Å². The summed E-state index contributed by atoms with van der Waals surface area (Å²) >= 11 is 0. The summed E-state index contributed by atoms with van der Waals surface area (Å²) in [6.07, 6.45) is 54.4. The molecule has 0 radical (unpaired) electrons. The Hall–Kier alpha value is -3.84. The van der Waals surface area contributed by atoms with Crippen molar-refractivity contribution in [2.24, 2.45) is 0 Å². The maximum Gasteiger partial charge on any atom is 0.335 e. The van der Waals surface area contributed by atoms with Crippen LogP contribution in [0.25, 0.3) is 0 Å². The Kier molecular flexibility index (Phi) is 48.8. The summed E-state index contributed by atoms with van der Waals surface area (Å²) in [5.74, 6) is -3.15. The highest BCUT2D eigenvalue weighted by Crippen LogP contribution is 2.26. The lowest BCUT2D eigenvalue weighted by atomic mass is 9.98. The average Bonchev–Trinajstić information content (AvgIpc) is 3.41. The van der Waals surface area contributed by atoms with Gasteiger partial charge in [-0.1, -0.05) is 209 Å². The van der Waals surface area contributed by atoms with Crippen molar-refractivity contribution < 1.29 is 58.2 Å². The number of unbranched alkanes of at least 4 members (excludes halogenated alkanes) is 26. The van der Waals surface area contributed by atoms with Crippen LogP contribution < -0.4 is 0 Å². The summed E-state index contributed by atoms with van der Waals surface area (Å²) < 4.78 is 28.4. The average molecular weight is 1080 g/mol. The first-order chi connectivity index (χ1) is 37.6. The second kappa shape index (κ2) is 52.8. The van der Waals surface area contributed by atoms with Crippen LogP contribution in [0.3, 0.4) is 0 Å². The van der Waals surface area contributed by atoms with Gasteiger partial charge in [0.2, 0.25) is 0 Å². The van der Waals surface area contributed by atoms with Gasteiger partial charge in [-0.05, 0) is 109 Å². The van der Waals surface area contributed by atoms with Crippen molar-refractivity contribution in [3.05, 3.63) is 72.9 Å². The van der Waals surface area contributed by atoms with Gasteiger partial charge in [0.1, 0.15) is 18.8 Å². The molecule has 1 aliphatic rings. The quantitative estimate of drug-likeness (QED) is 0.0228. The summed E-state index contributed by atoms with van der Waals surface area (Å²) in [5, 5.41) is 31.5. The third kappa shape index (κ3) is 42.7. The molecule has 0 spiro atoms. The van der Waals surface area contributed by atoms with Gasteiger partial charge in [0, 0.05) is 19.3 Å². The highest BCUT2D eigenvalue weighted by Gasteiger charge is 2.50. The minimum atomic E-state index is -1.91. The van der Waals surface area contributed by atoms with E-state index in [1.807, 2.05) is 0 Å². The fraction of sp³-hybridized carbons (Fsp3) is 0.754. The number of aliphatic hydroxyl groups excluding tert-OH is 2. The molecule has 0 bridgehead atoms. The minimum absolute atomic E-state index is 0.0466. The Morgan fingerprint density at radius 2 is 0.818 bits per heavy atom. The molecule has 0 aromatic rings. The Bertz CT molecular complexity index is 1620. The van der Waals surface area contributed by atoms with E-state index in [0.29, 0.717) is 19.3 Å². The second-order valence-electron chi connectivity index (χ2n) is 20.9. The number of carbonyl (C=O) groups is 4. The van der Waals surface area contributed by atoms with Crippen LogP contribution in [0.15, 0.2) is 72.9 Å². The molecule has 442 valence electrons. The van der Waals surface area contributed by atoms with E-state index in [0.717, 1.165) is 122 Å². The number of carboxylic acid groups (broad SMARTS) is 1. The number of ether oxygens (including phenoxy) is 5. The molecule has 0 amide bonds. The molecule has 1 rings (SSSR count). The standard InChI is InChI=1S/C65H110O12/c1-4-7-10-13-16-19-22-25-27-28-29-30-32-34-36-39-42-45-48-51-57(66)73-54-56(75-58(67)52-49-46-43-40-38-35-31-26-23-20-17-14-11-8-5-2)55-74-65-63(61(70)60(69)62(77-65)64(71)72)76-59(68)53-50-47-44-41-37-33-24-21-18-15-12-9-6-3/h8,11,16-17,19-21,24-27,31,56,60-63,65,69-70H,4-7,9-10,12-15,18,22-23,28-30,32-55H2,1-3H3,(H,71,72)/b11-8-,19-16-,20-17-,24-21-,27-25-,31-26-. The number of carboxylic acids is 1. The van der Waals surface area contributed by atoms with E-state index in [9.17, 15) is 34.5 Å². The molecule has 1 heterocycles. The molecule has 1 saturated heterocycles. The van der Waals surface area contributed by atoms with Gasteiger partial charge in [0.15, 0.2) is 24.6 Å². The molecule has 77 heavy (non-hydrogen) atoms. The Morgan fingerprint density at radius 3 is 1.29 bits per heavy atom. The molecule has 1 fully saturated rings. The molecule has 6 unspecified atom stereocenters. The van der Waals surface area contributed by atoms with Crippen LogP contribution in [-0.2, 0) is 42.9 Å². The molecule has 12 heteroatoms. The number of aliphatic carboxylic acids is 1. The van der Waals surface area contributed by atoms with Crippen LogP contribution in [0.4, 0.5) is 0 Å². The van der Waals surface area contributed by atoms with Gasteiger partial charge in [0.05, 0.1) is 6.61 Å². The Balaban J connectivity index is 2.68. The molecule has 6 atom stereocenters. The minimum Gasteiger partial charge on any atom is -0.479 e. The zero-order chi connectivity index (χ0) is 56.1. The number of aliphatic hydroxyl groups is 2. The molecule has 12 nitrogen and oxygen atoms in total. The van der Waals surface area contributed by atoms with E-state index in [1.54, 1.807) is 0 Å². The molecular formula is C65H110O12. The Labute approximate surface area is 468 Å². The number of hydrogen-bond acceptors (Lipinski definition) is 11. The van der Waals surface area contributed by atoms with Crippen molar-refractivity contribution in [2.75, 3.05) is 13.2 Å². The molecule has 0 aliphatic carbocycles. The molecule has 0 aromatic carbocycles. The van der Waals surface area contributed by atoms with Crippen molar-refractivity contribution in [2.45, 2.75) is 302 Å². The maximum atomic E-state index is 13.2. The molecule has 1 aliphatic heterocycles. The first-order valence-corrected chi connectivity index (χ1v) is 30.9. The Morgan fingerprint density at radius 1 is 0.442 bits per heavy atom. The van der Waals surface area contributed by atoms with E-state index in [2.05, 4.69) is 93.7 Å². The summed E-state index contributed by atoms with van der Waals surface area (Å²) in [7, 11) is 0. The van der Waals surface area contributed by atoms with Gasteiger partial charge >= 0.3 is 23.9 Å². The second-order valence-corrected chi connectivity index (χ2v) is 20.9. The number of carbonyl (C=O) groups excluding carboxylic acids is 3. The van der Waals surface area contributed by atoms with E-state index in [4.69, 9.17) is 23.7 Å². The lowest BCUT2D eigenvalue weighted by Crippen LogP contribution is -2.61. The lowest BCUT2D eigenvalue weighted by Gasteiger charge is -2.40. The van der Waals surface area contributed by atoms with Gasteiger partial charge in [0.25, 0.3) is 0 Å². The predicted molar refractivity (Wildman–Crippen MR) is 312 cm³/mol. The van der Waals surface area contributed by atoms with Crippen LogP contribution in [0, 0.1) is 0 Å². The van der Waals surface area contributed by atoms with E-state index >= 15 is 0 Å². The fourth-order valence-corrected chi connectivity index (χ4v) is 9.00. The summed E-state index contributed by atoms with van der Waals surface area (Å²) in [6, 6.07) is 0. The largest absolute Gasteiger partial charge is 0.479 e. The third-order valence-corrected chi connectivity index (χ3v) is 13.7. The number of esters is 3. The monoisotopic (exact) mass is 1080 g/mol. The lowest BCUT2D eigenvalue weighted by molar-refractivity contribution is -0.301. The fourth-order valence-electron chi connectivity index (χ4n) is 9.00. The van der Waals surface area contributed by atoms with E-state index < -0.39 is 67.3 Å². The van der Waals surface area contributed by atoms with Crippen LogP contribution in [0.1, 0.15) is 265 Å². The van der Waals surface area contributed by atoms with Crippen LogP contribution in [0.5, 0.6) is 0 Å². The normalized spacial score (nSPS) is 18.5. The van der Waals surface area contributed by atoms with E-state index in [1.165, 1.54) is 83.5 Å². The maximum absolute atomic E-state index is 13.2. The number of hydrogen-bond donors (Lipinski definition) is 3. The van der Waals surface area contributed by atoms with Crippen molar-refractivity contribution in [3.63, 3.8) is 0 Å². The highest BCUT2D eigenvalue weighted by molar-refractivity contribution is 5.74. The molecule has 0 saturated carbocycles. The van der Waals surface area contributed by atoms with Gasteiger partial charge in [-0.2, -0.15) is 0 Å². The number of rotatable bonds is 52. The highest BCUT2D eigenvalue weighted by atomic mass is 16.7. The van der Waals surface area contributed by atoms with E-state index in [-0.39, 0.29) is 25.9 Å². The van der Waals surface area contributed by atoms with Crippen LogP contribution in [-0.4, -0.2) is 89.2 Å². The summed E-state index contributed by atoms with van der Waals surface area (Å²) in [6.45, 7) is 5.83. The zero-order valence-electron chi connectivity index (χ0n) is 48.7. The van der Waals surface area contributed by atoms with Crippen LogP contribution in [0.2, 0.25) is 0 Å². The smallest absolute Gasteiger partial charge is 0.335 e. The molecule has 3 N–H and O–H groups in total. The summed E-state index contributed by atoms with van der Waals surface area (Å²) in [5.41, 5.74) is 0. The number of allylic oxidation sites excluding steroid dienone is 12. The van der Waals surface area contributed by atoms with Gasteiger partial charge < -0.3 is 39.0 Å². The van der Waals surface area contributed by atoms with Crippen LogP contribution >= 0.6 is 0 Å². The molecular weight excluding hydrogens is 973 g/mol. The van der Waals surface area contributed by atoms with Gasteiger partial charge in [-0.25, -0.2) is 4.79 Å². The third-order valence-electron chi connectivity index (χ3n) is 13.7. The SMILES string of the molecule is CC/C=C\C/C=C\C/C=C\CCCCCCCC(=O)OC(COC(=O)CCCCCCCCCCC/C=C\C/C=C\CCCCC)COC1OC(C(=O)O)C(O)C(O)C1OC(=O)CCCCCCC/C=C\CCCCCC. The first-order valence-electron chi connectivity index (χ1n) is 30.9. The summed E-state index contributed by atoms with van der Waals surface area (Å²) in [4.78, 5) is 51.2.